The molecule has 0 amide bonds. The molecule has 180 valence electrons. The first kappa shape index (κ1) is 21.6. The lowest BCUT2D eigenvalue weighted by atomic mass is 9.96. The number of hydrogen-bond donors (Lipinski definition) is 0. The highest BCUT2D eigenvalue weighted by Crippen LogP contribution is 2.34. The Hall–Kier alpha value is -3.88. The van der Waals surface area contributed by atoms with E-state index in [0.29, 0.717) is 0 Å². The second kappa shape index (κ2) is 9.05. The Balaban J connectivity index is 1.40. The van der Waals surface area contributed by atoms with Gasteiger partial charge in [0.15, 0.2) is 5.65 Å². The first-order valence-electron chi connectivity index (χ1n) is 12.1. The van der Waals surface area contributed by atoms with E-state index in [1.54, 1.807) is 26.6 Å². The van der Waals surface area contributed by atoms with Gasteiger partial charge < -0.3 is 19.3 Å². The van der Waals surface area contributed by atoms with Gasteiger partial charge in [-0.1, -0.05) is 0 Å². The summed E-state index contributed by atoms with van der Waals surface area (Å²) in [6.07, 6.45) is 9.74. The Morgan fingerprint density at radius 3 is 2.29 bits per heavy atom. The number of hydrogen-bond acceptors (Lipinski definition) is 8. The van der Waals surface area contributed by atoms with Crippen LogP contribution in [0.4, 0.5) is 11.6 Å². The molecule has 4 aromatic rings. The zero-order chi connectivity index (χ0) is 23.8. The van der Waals surface area contributed by atoms with Crippen LogP contribution in [0, 0.1) is 0 Å². The summed E-state index contributed by atoms with van der Waals surface area (Å²) in [4.78, 5) is 18.5. The zero-order valence-corrected chi connectivity index (χ0v) is 20.1. The minimum Gasteiger partial charge on any atom is -0.497 e. The van der Waals surface area contributed by atoms with E-state index in [-0.39, 0.29) is 0 Å². The normalized spacial score (nSPS) is 15.8. The van der Waals surface area contributed by atoms with Gasteiger partial charge in [0.25, 0.3) is 0 Å². The maximum absolute atomic E-state index is 5.49. The number of methoxy groups -OCH3 is 2. The molecule has 0 spiro atoms. The van der Waals surface area contributed by atoms with Gasteiger partial charge in [0, 0.05) is 67.5 Å². The van der Waals surface area contributed by atoms with E-state index in [2.05, 4.69) is 25.8 Å². The molecule has 0 saturated carbocycles. The fraction of sp³-hybridized carbons (Fsp3) is 0.385. The Morgan fingerprint density at radius 2 is 1.57 bits per heavy atom. The highest BCUT2D eigenvalue weighted by atomic mass is 16.5. The van der Waals surface area contributed by atoms with Gasteiger partial charge in [-0.2, -0.15) is 9.61 Å². The van der Waals surface area contributed by atoms with Crippen LogP contribution in [0.15, 0.2) is 42.9 Å². The molecule has 0 unspecified atom stereocenters. The molecule has 9 heteroatoms. The topological polar surface area (TPSA) is 80.9 Å². The Morgan fingerprint density at radius 1 is 0.829 bits per heavy atom. The smallest absolute Gasteiger partial charge is 0.158 e. The summed E-state index contributed by atoms with van der Waals surface area (Å²) < 4.78 is 13.0. The van der Waals surface area contributed by atoms with E-state index in [1.807, 2.05) is 28.9 Å². The molecule has 35 heavy (non-hydrogen) atoms. The molecule has 4 heterocycles. The van der Waals surface area contributed by atoms with Crippen molar-refractivity contribution in [2.45, 2.75) is 25.7 Å². The highest BCUT2D eigenvalue weighted by Gasteiger charge is 2.27. The first-order chi connectivity index (χ1) is 17.2. The molecular formula is C26H29N7O2. The third-order valence-corrected chi connectivity index (χ3v) is 6.95. The van der Waals surface area contributed by atoms with Gasteiger partial charge in [0.05, 0.1) is 26.1 Å². The number of nitrogens with zero attached hydrogens (tertiary/aromatic N) is 7. The molecule has 2 aliphatic rings. The van der Waals surface area contributed by atoms with E-state index in [4.69, 9.17) is 19.6 Å². The number of anilines is 2. The van der Waals surface area contributed by atoms with Gasteiger partial charge in [0.1, 0.15) is 23.1 Å². The SMILES string of the molecule is COc1cc(OC)cc(-c2cc3nc4c(c(N5CCN(c6cnccn6)CC5)n3n2)CCCC4)c1. The largest absolute Gasteiger partial charge is 0.497 e. The molecular weight excluding hydrogens is 442 g/mol. The molecule has 3 aromatic heterocycles. The average molecular weight is 472 g/mol. The fourth-order valence-electron chi connectivity index (χ4n) is 5.15. The number of piperazine rings is 1. The molecule has 6 rings (SSSR count). The van der Waals surface area contributed by atoms with Crippen molar-refractivity contribution in [2.24, 2.45) is 0 Å². The van der Waals surface area contributed by atoms with Crippen LogP contribution in [0.25, 0.3) is 16.9 Å². The average Bonchev–Trinajstić information content (AvgIpc) is 3.35. The third kappa shape index (κ3) is 4.00. The van der Waals surface area contributed by atoms with Crippen molar-refractivity contribution in [1.82, 2.24) is 24.6 Å². The Bertz CT molecular complexity index is 1320. The van der Waals surface area contributed by atoms with E-state index >= 15 is 0 Å². The van der Waals surface area contributed by atoms with Crippen LogP contribution in [-0.2, 0) is 12.8 Å². The molecule has 0 N–H and O–H groups in total. The Labute approximate surface area is 204 Å². The summed E-state index contributed by atoms with van der Waals surface area (Å²) in [5.74, 6) is 3.60. The van der Waals surface area contributed by atoms with Gasteiger partial charge in [0.2, 0.25) is 0 Å². The van der Waals surface area contributed by atoms with Crippen LogP contribution in [0.1, 0.15) is 24.1 Å². The zero-order valence-electron chi connectivity index (χ0n) is 20.1. The van der Waals surface area contributed by atoms with Crippen LogP contribution in [0.5, 0.6) is 11.5 Å². The molecule has 0 atom stereocenters. The van der Waals surface area contributed by atoms with Gasteiger partial charge in [-0.25, -0.2) is 9.97 Å². The summed E-state index contributed by atoms with van der Waals surface area (Å²) >= 11 is 0. The molecule has 0 radical (unpaired) electrons. The maximum atomic E-state index is 5.49. The monoisotopic (exact) mass is 471 g/mol. The predicted molar refractivity (Wildman–Crippen MR) is 135 cm³/mol. The summed E-state index contributed by atoms with van der Waals surface area (Å²) in [5, 5.41) is 5.06. The summed E-state index contributed by atoms with van der Waals surface area (Å²) in [7, 11) is 3.33. The second-order valence-electron chi connectivity index (χ2n) is 9.01. The Kier molecular flexibility index (Phi) is 5.60. The number of rotatable bonds is 5. The lowest BCUT2D eigenvalue weighted by Gasteiger charge is -2.38. The van der Waals surface area contributed by atoms with Crippen LogP contribution in [0.3, 0.4) is 0 Å². The lowest BCUT2D eigenvalue weighted by Crippen LogP contribution is -2.48. The first-order valence-corrected chi connectivity index (χ1v) is 12.1. The summed E-state index contributed by atoms with van der Waals surface area (Å²) in [6.45, 7) is 3.56. The van der Waals surface area contributed by atoms with Crippen LogP contribution >= 0.6 is 0 Å². The third-order valence-electron chi connectivity index (χ3n) is 6.95. The molecule has 1 aromatic carbocycles. The minimum absolute atomic E-state index is 0.740. The van der Waals surface area contributed by atoms with Gasteiger partial charge in [-0.3, -0.25) is 4.98 Å². The van der Waals surface area contributed by atoms with Crippen molar-refractivity contribution >= 4 is 17.3 Å². The fourth-order valence-corrected chi connectivity index (χ4v) is 5.15. The summed E-state index contributed by atoms with van der Waals surface area (Å²) in [5.41, 5.74) is 5.24. The minimum atomic E-state index is 0.740. The molecule has 1 fully saturated rings. The van der Waals surface area contributed by atoms with Gasteiger partial charge >= 0.3 is 0 Å². The lowest BCUT2D eigenvalue weighted by molar-refractivity contribution is 0.394. The molecule has 1 saturated heterocycles. The number of benzene rings is 1. The van der Waals surface area contributed by atoms with E-state index in [9.17, 15) is 0 Å². The highest BCUT2D eigenvalue weighted by molar-refractivity contribution is 5.70. The standard InChI is InChI=1S/C26H29N7O2/c1-34-19-13-18(14-20(15-19)35-2)23-16-24-29-22-6-4-3-5-21(22)26(33(24)30-23)32-11-9-31(10-12-32)25-17-27-7-8-28-25/h7-8,13-17H,3-6,9-12H2,1-2H3. The van der Waals surface area contributed by atoms with Crippen molar-refractivity contribution in [3.8, 4) is 22.8 Å². The second-order valence-corrected chi connectivity index (χ2v) is 9.01. The molecule has 1 aliphatic carbocycles. The van der Waals surface area contributed by atoms with Gasteiger partial charge in [-0.05, 0) is 37.8 Å². The predicted octanol–water partition coefficient (Wildman–Crippen LogP) is 3.41. The maximum Gasteiger partial charge on any atom is 0.158 e. The van der Waals surface area contributed by atoms with Crippen LogP contribution in [0.2, 0.25) is 0 Å². The van der Waals surface area contributed by atoms with Crippen molar-refractivity contribution in [3.63, 3.8) is 0 Å². The summed E-state index contributed by atoms with van der Waals surface area (Å²) in [6, 6.07) is 7.92. The molecule has 0 bridgehead atoms. The van der Waals surface area contributed by atoms with Crippen LogP contribution in [-0.4, -0.2) is 65.0 Å². The van der Waals surface area contributed by atoms with E-state index in [0.717, 1.165) is 73.2 Å². The van der Waals surface area contributed by atoms with E-state index in [1.165, 1.54) is 29.9 Å². The van der Waals surface area contributed by atoms with Crippen molar-refractivity contribution in [3.05, 3.63) is 54.1 Å². The van der Waals surface area contributed by atoms with Crippen LogP contribution < -0.4 is 19.3 Å². The van der Waals surface area contributed by atoms with Crippen molar-refractivity contribution in [1.29, 1.82) is 0 Å². The number of fused-ring (bicyclic) bond motifs is 2. The number of aryl methyl sites for hydroxylation is 1. The molecule has 1 aliphatic heterocycles. The van der Waals surface area contributed by atoms with Crippen molar-refractivity contribution < 1.29 is 9.47 Å². The van der Waals surface area contributed by atoms with Crippen molar-refractivity contribution in [2.75, 3.05) is 50.2 Å². The van der Waals surface area contributed by atoms with E-state index < -0.39 is 0 Å². The number of aromatic nitrogens is 5. The quantitative estimate of drug-likeness (QED) is 0.438. The van der Waals surface area contributed by atoms with Gasteiger partial charge in [-0.15, -0.1) is 0 Å². The number of ether oxygens (including phenoxy) is 2. The molecule has 9 nitrogen and oxygen atoms in total.